The van der Waals surface area contributed by atoms with Gasteiger partial charge in [0.15, 0.2) is 5.82 Å². The number of carboxylic acid groups (broad SMARTS) is 2. The Hall–Kier alpha value is -4.67. The lowest BCUT2D eigenvalue weighted by atomic mass is 9.62. The zero-order chi connectivity index (χ0) is 43.1. The van der Waals surface area contributed by atoms with Crippen LogP contribution >= 0.6 is 11.6 Å². The van der Waals surface area contributed by atoms with E-state index in [1.165, 1.54) is 0 Å². The highest BCUT2D eigenvalue weighted by molar-refractivity contribution is 6.33. The number of hydrogen-bond donors (Lipinski definition) is 5. The van der Waals surface area contributed by atoms with E-state index in [2.05, 4.69) is 30.0 Å². The molecule has 2 atom stereocenters. The van der Waals surface area contributed by atoms with Gasteiger partial charge in [-0.25, -0.2) is 18.4 Å². The molecule has 1 saturated carbocycles. The molecule has 1 aromatic carbocycles. The quantitative estimate of drug-likeness (QED) is 0.139. The molecule has 0 unspecified atom stereocenters. The third-order valence-electron chi connectivity index (χ3n) is 11.1. The SMILES string of the molecule is O=C(O)C(F)(F)F.O=C(O)C(F)(F)F.OCCc1c(Cl)cc2[nH]ncc2c1-c1ncc2c(N3CCCC4(CC(O)C4)C3)nc(OC[C@@]34CCCN3C[C@H](F)C4)nc2c1F. The largest absolute Gasteiger partial charge is 0.490 e. The third kappa shape index (κ3) is 9.24. The molecule has 14 nitrogen and oxygen atoms in total. The van der Waals surface area contributed by atoms with Crippen molar-refractivity contribution in [2.24, 2.45) is 5.41 Å². The summed E-state index contributed by atoms with van der Waals surface area (Å²) in [5.41, 5.74) is 1.33. The van der Waals surface area contributed by atoms with Gasteiger partial charge in [0.1, 0.15) is 29.8 Å². The fourth-order valence-corrected chi connectivity index (χ4v) is 8.84. The molecular weight excluding hydrogens is 830 g/mol. The number of halogens is 9. The Kier molecular flexibility index (Phi) is 12.5. The summed E-state index contributed by atoms with van der Waals surface area (Å²) in [6.07, 6.45) is -2.35. The molecule has 0 radical (unpaired) electrons. The van der Waals surface area contributed by atoms with Crippen LogP contribution in [0.1, 0.15) is 50.5 Å². The number of hydrogen-bond acceptors (Lipinski definition) is 11. The Morgan fingerprint density at radius 2 is 1.64 bits per heavy atom. The Bertz CT molecular complexity index is 2180. The van der Waals surface area contributed by atoms with Gasteiger partial charge in [-0.1, -0.05) is 11.6 Å². The van der Waals surface area contributed by atoms with E-state index >= 15 is 4.39 Å². The Balaban J connectivity index is 0.000000361. The van der Waals surface area contributed by atoms with Gasteiger partial charge in [-0.3, -0.25) is 15.0 Å². The highest BCUT2D eigenvalue weighted by Gasteiger charge is 2.50. The minimum Gasteiger partial charge on any atom is -0.475 e. The molecule has 4 fully saturated rings. The summed E-state index contributed by atoms with van der Waals surface area (Å²) >= 11 is 6.62. The third-order valence-corrected chi connectivity index (χ3v) is 11.4. The van der Waals surface area contributed by atoms with Gasteiger partial charge >= 0.3 is 30.3 Å². The van der Waals surface area contributed by atoms with E-state index in [1.54, 1.807) is 18.5 Å². The van der Waals surface area contributed by atoms with Crippen molar-refractivity contribution in [3.63, 3.8) is 0 Å². The second-order valence-electron chi connectivity index (χ2n) is 15.1. The summed E-state index contributed by atoms with van der Waals surface area (Å²) in [4.78, 5) is 36.2. The van der Waals surface area contributed by atoms with Crippen LogP contribution in [-0.4, -0.2) is 132 Å². The second-order valence-corrected chi connectivity index (χ2v) is 15.5. The van der Waals surface area contributed by atoms with Crippen LogP contribution in [0.2, 0.25) is 5.02 Å². The number of aliphatic carboxylic acids is 2. The van der Waals surface area contributed by atoms with Gasteiger partial charge in [0.05, 0.1) is 28.7 Å². The lowest BCUT2D eigenvalue weighted by Gasteiger charge is -2.51. The summed E-state index contributed by atoms with van der Waals surface area (Å²) in [5, 5.41) is 42.7. The van der Waals surface area contributed by atoms with Crippen molar-refractivity contribution in [2.75, 3.05) is 44.3 Å². The number of fused-ring (bicyclic) bond motifs is 3. The Morgan fingerprint density at radius 3 is 2.27 bits per heavy atom. The first-order valence-corrected chi connectivity index (χ1v) is 18.7. The first-order chi connectivity index (χ1) is 27.7. The molecule has 3 aliphatic heterocycles. The van der Waals surface area contributed by atoms with Crippen LogP contribution in [0, 0.1) is 11.2 Å². The molecule has 8 rings (SSSR count). The molecule has 3 saturated heterocycles. The van der Waals surface area contributed by atoms with Crippen LogP contribution in [0.15, 0.2) is 18.5 Å². The molecule has 3 aromatic heterocycles. The predicted molar refractivity (Wildman–Crippen MR) is 193 cm³/mol. The zero-order valence-corrected chi connectivity index (χ0v) is 31.6. The van der Waals surface area contributed by atoms with E-state index in [-0.39, 0.29) is 48.4 Å². The summed E-state index contributed by atoms with van der Waals surface area (Å²) in [6, 6.07) is 1.75. The smallest absolute Gasteiger partial charge is 0.475 e. The van der Waals surface area contributed by atoms with Crippen LogP contribution in [0.5, 0.6) is 6.01 Å². The molecule has 1 spiro atoms. The molecule has 59 heavy (non-hydrogen) atoms. The number of nitrogens with one attached hydrogen (secondary N) is 1. The highest BCUT2D eigenvalue weighted by Crippen LogP contribution is 2.49. The minimum atomic E-state index is -5.08. The molecule has 1 aliphatic carbocycles. The maximum absolute atomic E-state index is 16.9. The number of aliphatic hydroxyl groups is 2. The van der Waals surface area contributed by atoms with Gasteiger partial charge in [0.25, 0.3) is 0 Å². The maximum Gasteiger partial charge on any atom is 0.490 e. The number of piperidine rings is 1. The first-order valence-electron chi connectivity index (χ1n) is 18.3. The van der Waals surface area contributed by atoms with Crippen LogP contribution in [-0.2, 0) is 16.0 Å². The minimum absolute atomic E-state index is 0.00194. The monoisotopic (exact) mass is 867 g/mol. The van der Waals surface area contributed by atoms with Crippen molar-refractivity contribution in [1.82, 2.24) is 30.0 Å². The normalized spacial score (nSPS) is 24.3. The highest BCUT2D eigenvalue weighted by atomic mass is 35.5. The van der Waals surface area contributed by atoms with Crippen molar-refractivity contribution in [1.29, 1.82) is 0 Å². The number of H-pyrrole nitrogens is 1. The Morgan fingerprint density at radius 1 is 0.983 bits per heavy atom. The van der Waals surface area contributed by atoms with Gasteiger partial charge in [-0.05, 0) is 68.5 Å². The number of rotatable bonds is 7. The lowest BCUT2D eigenvalue weighted by Crippen LogP contribution is -2.52. The number of carbonyl (C=O) groups is 2. The average molecular weight is 868 g/mol. The second kappa shape index (κ2) is 16.8. The number of ether oxygens (including phenoxy) is 1. The average Bonchev–Trinajstić information content (AvgIpc) is 3.85. The molecule has 322 valence electrons. The number of anilines is 1. The van der Waals surface area contributed by atoms with Crippen molar-refractivity contribution in [3.8, 4) is 17.3 Å². The molecule has 5 N–H and O–H groups in total. The van der Waals surface area contributed by atoms with Crippen LogP contribution in [0.4, 0.5) is 40.9 Å². The number of nitrogens with zero attached hydrogens (tertiary/aromatic N) is 6. The fraction of sp³-hybridized carbons (Fsp3) is 0.556. The number of aliphatic hydroxyl groups excluding tert-OH is 2. The van der Waals surface area contributed by atoms with Crippen molar-refractivity contribution in [3.05, 3.63) is 34.9 Å². The van der Waals surface area contributed by atoms with Gasteiger partial charge in [-0.2, -0.15) is 41.4 Å². The number of aromatic amines is 1. The van der Waals surface area contributed by atoms with Gasteiger partial charge in [-0.15, -0.1) is 0 Å². The summed E-state index contributed by atoms with van der Waals surface area (Å²) in [7, 11) is 0. The van der Waals surface area contributed by atoms with Crippen molar-refractivity contribution >= 4 is 51.2 Å². The summed E-state index contributed by atoms with van der Waals surface area (Å²) in [5.74, 6) is -5.62. The molecule has 0 bridgehead atoms. The molecule has 23 heteroatoms. The van der Waals surface area contributed by atoms with Crippen LogP contribution in [0.25, 0.3) is 33.1 Å². The fourth-order valence-electron chi connectivity index (χ4n) is 8.54. The maximum atomic E-state index is 16.9. The molecule has 4 aliphatic rings. The van der Waals surface area contributed by atoms with E-state index in [0.29, 0.717) is 57.8 Å². The van der Waals surface area contributed by atoms with Gasteiger partial charge in [0, 0.05) is 54.8 Å². The molecule has 0 amide bonds. The molecule has 6 heterocycles. The van der Waals surface area contributed by atoms with E-state index in [1.807, 2.05) is 0 Å². The van der Waals surface area contributed by atoms with Crippen molar-refractivity contribution in [2.45, 2.75) is 81.5 Å². The number of carboxylic acids is 2. The van der Waals surface area contributed by atoms with Crippen LogP contribution in [0.3, 0.4) is 0 Å². The molecule has 4 aromatic rings. The van der Waals surface area contributed by atoms with Crippen molar-refractivity contribution < 1.29 is 69.9 Å². The lowest BCUT2D eigenvalue weighted by molar-refractivity contribution is -0.193. The Labute approximate surface area is 334 Å². The predicted octanol–water partition coefficient (Wildman–Crippen LogP) is 5.86. The topological polar surface area (TPSA) is 198 Å². The number of aromatic nitrogens is 5. The van der Waals surface area contributed by atoms with E-state index in [4.69, 9.17) is 41.1 Å². The summed E-state index contributed by atoms with van der Waals surface area (Å²) in [6.45, 7) is 2.68. The van der Waals surface area contributed by atoms with Crippen LogP contribution < -0.4 is 9.64 Å². The van der Waals surface area contributed by atoms with E-state index in [0.717, 1.165) is 51.6 Å². The standard InChI is InChI=1S/C32H36ClF2N7O3.2C2HF3O2/c33-23-9-24-21(14-37-40-24)25(20(23)3-8-43)28-26(35)27-22(13-36-28)29(41-6-1-4-31(16-41)11-19(44)12-31)39-30(38-27)45-17-32-5-2-7-42(32)15-18(34)10-32;2*3-2(4,5)1(6)7/h9,13-14,18-19,43-44H,1-8,10-12,15-17H2,(H,37,40);2*(H,6,7)/t18-,19?,31?,32+;;/m1../s1. The zero-order valence-electron chi connectivity index (χ0n) is 30.9. The summed E-state index contributed by atoms with van der Waals surface area (Å²) < 4.78 is 101. The molecular formula is C36H38ClF8N7O7. The van der Waals surface area contributed by atoms with E-state index in [9.17, 15) is 40.9 Å². The van der Waals surface area contributed by atoms with E-state index < -0.39 is 41.8 Å². The van der Waals surface area contributed by atoms with Gasteiger partial charge in [0.2, 0.25) is 0 Å². The number of alkyl halides is 7. The number of benzene rings is 1. The van der Waals surface area contributed by atoms with Gasteiger partial charge < -0.3 is 30.1 Å². The first kappa shape index (κ1) is 43.9. The number of pyridine rings is 1.